The van der Waals surface area contributed by atoms with Crippen molar-refractivity contribution >= 4 is 22.7 Å². The predicted octanol–water partition coefficient (Wildman–Crippen LogP) is 4.76. The highest BCUT2D eigenvalue weighted by atomic mass is 19.1. The van der Waals surface area contributed by atoms with Crippen LogP contribution in [0.3, 0.4) is 0 Å². The molecule has 1 saturated carbocycles. The lowest BCUT2D eigenvalue weighted by Gasteiger charge is -2.15. The number of fused-ring (bicyclic) bond motifs is 1. The van der Waals surface area contributed by atoms with Crippen LogP contribution < -0.4 is 5.32 Å². The molecule has 0 radical (unpaired) electrons. The molecule has 0 unspecified atom stereocenters. The number of nitrogens with zero attached hydrogens (tertiary/aromatic N) is 1. The number of hydrogen-bond donors (Lipinski definition) is 1. The molecule has 1 aromatic heterocycles. The average molecular weight is 338 g/mol. The van der Waals surface area contributed by atoms with E-state index in [2.05, 4.69) is 10.3 Å². The van der Waals surface area contributed by atoms with Gasteiger partial charge in [-0.15, -0.1) is 0 Å². The van der Waals surface area contributed by atoms with E-state index in [1.165, 1.54) is 12.1 Å². The van der Waals surface area contributed by atoms with Crippen LogP contribution in [0.2, 0.25) is 0 Å². The number of oxazole rings is 1. The van der Waals surface area contributed by atoms with Gasteiger partial charge >= 0.3 is 0 Å². The second-order valence-electron chi connectivity index (χ2n) is 6.93. The molecule has 1 N–H and O–H groups in total. The molecule has 4 rings (SSSR count). The molecule has 0 bridgehead atoms. The number of carbonyl (C=O) groups excluding carboxylic acids is 1. The molecule has 128 valence electrons. The molecular formula is C20H19FN2O2. The highest BCUT2D eigenvalue weighted by Crippen LogP contribution is 2.49. The maximum Gasteiger partial charge on any atom is 0.235 e. The van der Waals surface area contributed by atoms with Crippen LogP contribution in [0.1, 0.15) is 44.1 Å². The molecule has 0 aliphatic heterocycles. The van der Waals surface area contributed by atoms with Crippen LogP contribution in [-0.4, -0.2) is 10.9 Å². The van der Waals surface area contributed by atoms with Crippen molar-refractivity contribution in [2.45, 2.75) is 38.0 Å². The van der Waals surface area contributed by atoms with Crippen LogP contribution in [0.25, 0.3) is 11.1 Å². The summed E-state index contributed by atoms with van der Waals surface area (Å²) in [5.41, 5.74) is 2.44. The standard InChI is InChI=1S/C20H19FN2O2/c1-12(2)18-23-16-11-15(7-8-17(16)25-18)22-19(24)20(9-10-20)13-3-5-14(21)6-4-13/h3-8,11-12H,9-10H2,1-2H3,(H,22,24). The monoisotopic (exact) mass is 338 g/mol. The first-order chi connectivity index (χ1) is 12.0. The molecule has 1 fully saturated rings. The Labute approximate surface area is 145 Å². The molecule has 2 aromatic carbocycles. The van der Waals surface area contributed by atoms with E-state index in [0.717, 1.165) is 23.9 Å². The second-order valence-corrected chi connectivity index (χ2v) is 6.93. The van der Waals surface area contributed by atoms with Crippen molar-refractivity contribution < 1.29 is 13.6 Å². The lowest BCUT2D eigenvalue weighted by atomic mass is 9.95. The Balaban J connectivity index is 1.58. The van der Waals surface area contributed by atoms with Gasteiger partial charge in [-0.3, -0.25) is 4.79 Å². The van der Waals surface area contributed by atoms with Crippen molar-refractivity contribution in [3.8, 4) is 0 Å². The number of amides is 1. The first kappa shape index (κ1) is 15.8. The minimum atomic E-state index is -0.546. The summed E-state index contributed by atoms with van der Waals surface area (Å²) >= 11 is 0. The van der Waals surface area contributed by atoms with Crippen molar-refractivity contribution in [2.24, 2.45) is 0 Å². The minimum absolute atomic E-state index is 0.0639. The number of aromatic nitrogens is 1. The Morgan fingerprint density at radius 1 is 1.20 bits per heavy atom. The molecule has 1 aliphatic rings. The number of benzene rings is 2. The van der Waals surface area contributed by atoms with E-state index < -0.39 is 5.41 Å². The maximum absolute atomic E-state index is 13.1. The number of carbonyl (C=O) groups is 1. The van der Waals surface area contributed by atoms with E-state index in [0.29, 0.717) is 17.2 Å². The Kier molecular flexibility index (Phi) is 3.60. The Morgan fingerprint density at radius 2 is 1.92 bits per heavy atom. The smallest absolute Gasteiger partial charge is 0.235 e. The van der Waals surface area contributed by atoms with Gasteiger partial charge in [-0.1, -0.05) is 26.0 Å². The third kappa shape index (κ3) is 2.80. The lowest BCUT2D eigenvalue weighted by Crippen LogP contribution is -2.27. The normalized spacial score (nSPS) is 15.5. The van der Waals surface area contributed by atoms with Gasteiger partial charge < -0.3 is 9.73 Å². The van der Waals surface area contributed by atoms with E-state index in [-0.39, 0.29) is 17.6 Å². The van der Waals surface area contributed by atoms with Crippen molar-refractivity contribution in [3.63, 3.8) is 0 Å². The van der Waals surface area contributed by atoms with Gasteiger partial charge in [-0.25, -0.2) is 9.37 Å². The zero-order chi connectivity index (χ0) is 17.6. The third-order valence-corrected chi connectivity index (χ3v) is 4.74. The van der Waals surface area contributed by atoms with Crippen LogP contribution in [0.5, 0.6) is 0 Å². The first-order valence-corrected chi connectivity index (χ1v) is 8.46. The van der Waals surface area contributed by atoms with Gasteiger partial charge in [0.05, 0.1) is 5.41 Å². The lowest BCUT2D eigenvalue weighted by molar-refractivity contribution is -0.118. The Hall–Kier alpha value is -2.69. The number of nitrogens with one attached hydrogen (secondary N) is 1. The summed E-state index contributed by atoms with van der Waals surface area (Å²) in [5, 5.41) is 2.97. The highest BCUT2D eigenvalue weighted by molar-refractivity contribution is 6.02. The molecule has 1 aliphatic carbocycles. The molecule has 0 saturated heterocycles. The summed E-state index contributed by atoms with van der Waals surface area (Å²) in [6, 6.07) is 11.6. The SMILES string of the molecule is CC(C)c1nc2cc(NC(=O)C3(c4ccc(F)cc4)CC3)ccc2o1. The quantitative estimate of drug-likeness (QED) is 0.746. The largest absolute Gasteiger partial charge is 0.440 e. The van der Waals surface area contributed by atoms with Crippen LogP contribution in [-0.2, 0) is 10.2 Å². The molecule has 4 nitrogen and oxygen atoms in total. The minimum Gasteiger partial charge on any atom is -0.440 e. The number of hydrogen-bond acceptors (Lipinski definition) is 3. The van der Waals surface area contributed by atoms with Crippen molar-refractivity contribution in [3.05, 3.63) is 59.7 Å². The van der Waals surface area contributed by atoms with E-state index in [9.17, 15) is 9.18 Å². The Morgan fingerprint density at radius 3 is 2.56 bits per heavy atom. The highest BCUT2D eigenvalue weighted by Gasteiger charge is 2.51. The van der Waals surface area contributed by atoms with Crippen LogP contribution in [0.15, 0.2) is 46.9 Å². The summed E-state index contributed by atoms with van der Waals surface area (Å²) in [6.07, 6.45) is 1.54. The maximum atomic E-state index is 13.1. The summed E-state index contributed by atoms with van der Waals surface area (Å²) < 4.78 is 18.8. The van der Waals surface area contributed by atoms with E-state index in [1.54, 1.807) is 12.1 Å². The first-order valence-electron chi connectivity index (χ1n) is 8.46. The summed E-state index contributed by atoms with van der Waals surface area (Å²) in [4.78, 5) is 17.2. The summed E-state index contributed by atoms with van der Waals surface area (Å²) in [5.74, 6) is 0.533. The van der Waals surface area contributed by atoms with Crippen molar-refractivity contribution in [2.75, 3.05) is 5.32 Å². The zero-order valence-corrected chi connectivity index (χ0v) is 14.2. The van der Waals surface area contributed by atoms with Crippen LogP contribution >= 0.6 is 0 Å². The third-order valence-electron chi connectivity index (χ3n) is 4.74. The fourth-order valence-corrected chi connectivity index (χ4v) is 3.06. The van der Waals surface area contributed by atoms with Gasteiger partial charge in [0, 0.05) is 11.6 Å². The molecule has 25 heavy (non-hydrogen) atoms. The number of halogens is 1. The van der Waals surface area contributed by atoms with Crippen LogP contribution in [0.4, 0.5) is 10.1 Å². The van der Waals surface area contributed by atoms with Gasteiger partial charge in [0.1, 0.15) is 11.3 Å². The van der Waals surface area contributed by atoms with E-state index >= 15 is 0 Å². The van der Waals surface area contributed by atoms with E-state index in [4.69, 9.17) is 4.42 Å². The zero-order valence-electron chi connectivity index (χ0n) is 14.2. The van der Waals surface area contributed by atoms with Gasteiger partial charge in [0.25, 0.3) is 0 Å². The number of anilines is 1. The summed E-state index contributed by atoms with van der Waals surface area (Å²) in [6.45, 7) is 4.04. The van der Waals surface area contributed by atoms with Crippen LogP contribution in [0, 0.1) is 5.82 Å². The molecule has 1 heterocycles. The van der Waals surface area contributed by atoms with E-state index in [1.807, 2.05) is 32.0 Å². The van der Waals surface area contributed by atoms with Gasteiger partial charge in [-0.05, 0) is 48.7 Å². The fraction of sp³-hybridized carbons (Fsp3) is 0.300. The summed E-state index contributed by atoms with van der Waals surface area (Å²) in [7, 11) is 0. The Bertz CT molecular complexity index is 940. The fourth-order valence-electron chi connectivity index (χ4n) is 3.06. The van der Waals surface area contributed by atoms with Crippen molar-refractivity contribution in [1.29, 1.82) is 0 Å². The molecule has 0 spiro atoms. The van der Waals surface area contributed by atoms with Gasteiger partial charge in [-0.2, -0.15) is 0 Å². The molecule has 5 heteroatoms. The molecule has 1 amide bonds. The van der Waals surface area contributed by atoms with Crippen molar-refractivity contribution in [1.82, 2.24) is 4.98 Å². The average Bonchev–Trinajstić information content (AvgIpc) is 3.28. The second kappa shape index (κ2) is 5.69. The van der Waals surface area contributed by atoms with Gasteiger partial charge in [0.2, 0.25) is 5.91 Å². The molecule has 0 atom stereocenters. The predicted molar refractivity (Wildman–Crippen MR) is 94.0 cm³/mol. The topological polar surface area (TPSA) is 55.1 Å². The molecular weight excluding hydrogens is 319 g/mol. The molecule has 3 aromatic rings. The number of rotatable bonds is 4. The van der Waals surface area contributed by atoms with Gasteiger partial charge in [0.15, 0.2) is 11.5 Å².